The lowest BCUT2D eigenvalue weighted by molar-refractivity contribution is 0.249. The van der Waals surface area contributed by atoms with E-state index in [-0.39, 0.29) is 0 Å². The highest BCUT2D eigenvalue weighted by Gasteiger charge is 2.10. The second-order valence-corrected chi connectivity index (χ2v) is 4.07. The minimum absolute atomic E-state index is 0.693. The molecule has 0 bridgehead atoms. The number of hydrogen-bond donors (Lipinski definition) is 2. The maximum absolute atomic E-state index is 10.6. The van der Waals surface area contributed by atoms with Crippen molar-refractivity contribution in [2.75, 3.05) is 0 Å². The molecule has 3 N–H and O–H groups in total. The predicted octanol–water partition coefficient (Wildman–Crippen LogP) is 1.49. The van der Waals surface area contributed by atoms with Crippen LogP contribution < -0.4 is 11.2 Å². The summed E-state index contributed by atoms with van der Waals surface area (Å²) in [5.41, 5.74) is 10.7. The highest BCUT2D eigenvalue weighted by atomic mass is 16.2. The summed E-state index contributed by atoms with van der Waals surface area (Å²) in [7, 11) is 0. The number of carbonyl (C=O) groups excluding carboxylic acids is 1. The number of nitrogens with two attached hydrogens (primary N) is 1. The third-order valence-electron chi connectivity index (χ3n) is 2.72. The van der Waals surface area contributed by atoms with Crippen molar-refractivity contribution in [1.82, 2.24) is 15.2 Å². The molecule has 6 nitrogen and oxygen atoms in total. The van der Waals surface area contributed by atoms with Crippen molar-refractivity contribution < 1.29 is 4.79 Å². The predicted molar refractivity (Wildman–Crippen MR) is 73.4 cm³/mol. The SMILES string of the molecule is Cc1nn(-c2ccccc2)c(C)c1C=NNC(N)=O. The largest absolute Gasteiger partial charge is 0.350 e. The molecular formula is C13H15N5O. The van der Waals surface area contributed by atoms with Crippen LogP contribution in [0.1, 0.15) is 17.0 Å². The molecular weight excluding hydrogens is 242 g/mol. The van der Waals surface area contributed by atoms with Gasteiger partial charge in [0.2, 0.25) is 0 Å². The fourth-order valence-electron chi connectivity index (χ4n) is 1.82. The molecule has 2 amide bonds. The number of urea groups is 1. The van der Waals surface area contributed by atoms with E-state index in [1.807, 2.05) is 48.9 Å². The van der Waals surface area contributed by atoms with Gasteiger partial charge in [-0.25, -0.2) is 14.9 Å². The molecule has 0 unspecified atom stereocenters. The molecule has 1 aromatic carbocycles. The molecule has 0 aliphatic rings. The third kappa shape index (κ3) is 2.79. The van der Waals surface area contributed by atoms with Crippen LogP contribution in [0.25, 0.3) is 5.69 Å². The van der Waals surface area contributed by atoms with Crippen LogP contribution in [-0.2, 0) is 0 Å². The summed E-state index contributed by atoms with van der Waals surface area (Å²) >= 11 is 0. The van der Waals surface area contributed by atoms with Crippen molar-refractivity contribution in [3.63, 3.8) is 0 Å². The maximum Gasteiger partial charge on any atom is 0.332 e. The van der Waals surface area contributed by atoms with E-state index in [1.54, 1.807) is 6.21 Å². The van der Waals surface area contributed by atoms with Crippen molar-refractivity contribution in [1.29, 1.82) is 0 Å². The van der Waals surface area contributed by atoms with Gasteiger partial charge in [-0.15, -0.1) is 0 Å². The molecule has 2 aromatic rings. The van der Waals surface area contributed by atoms with Gasteiger partial charge in [0, 0.05) is 5.56 Å². The smallest absolute Gasteiger partial charge is 0.332 e. The van der Waals surface area contributed by atoms with Crippen molar-refractivity contribution in [2.45, 2.75) is 13.8 Å². The molecule has 0 fully saturated rings. The standard InChI is InChI=1S/C13H15N5O/c1-9-12(8-15-16-13(14)19)10(2)18(17-9)11-6-4-3-5-7-11/h3-8H,1-2H3,(H3,14,16,19). The minimum Gasteiger partial charge on any atom is -0.350 e. The van der Waals surface area contributed by atoms with Crippen LogP contribution in [0.3, 0.4) is 0 Å². The first-order chi connectivity index (χ1) is 9.09. The second-order valence-electron chi connectivity index (χ2n) is 4.07. The monoisotopic (exact) mass is 257 g/mol. The summed E-state index contributed by atoms with van der Waals surface area (Å²) in [5.74, 6) is 0. The molecule has 0 saturated carbocycles. The van der Waals surface area contributed by atoms with Crippen LogP contribution in [0, 0.1) is 13.8 Å². The first-order valence-electron chi connectivity index (χ1n) is 5.79. The Morgan fingerprint density at radius 3 is 2.68 bits per heavy atom. The Morgan fingerprint density at radius 2 is 2.05 bits per heavy atom. The van der Waals surface area contributed by atoms with E-state index in [2.05, 4.69) is 15.6 Å². The quantitative estimate of drug-likeness (QED) is 0.644. The molecule has 0 saturated heterocycles. The molecule has 19 heavy (non-hydrogen) atoms. The Bertz CT molecular complexity index is 615. The van der Waals surface area contributed by atoms with E-state index in [0.29, 0.717) is 0 Å². The summed E-state index contributed by atoms with van der Waals surface area (Å²) in [4.78, 5) is 10.6. The second kappa shape index (κ2) is 5.34. The van der Waals surface area contributed by atoms with E-state index in [9.17, 15) is 4.79 Å². The number of primary amides is 1. The lowest BCUT2D eigenvalue weighted by Gasteiger charge is -2.03. The van der Waals surface area contributed by atoms with Crippen LogP contribution >= 0.6 is 0 Å². The summed E-state index contributed by atoms with van der Waals surface area (Å²) in [6.45, 7) is 3.83. The maximum atomic E-state index is 10.6. The van der Waals surface area contributed by atoms with E-state index in [1.165, 1.54) is 0 Å². The summed E-state index contributed by atoms with van der Waals surface area (Å²) in [5, 5.41) is 8.23. The Kier molecular flexibility index (Phi) is 3.61. The number of aromatic nitrogens is 2. The minimum atomic E-state index is -0.693. The Balaban J connectivity index is 2.35. The van der Waals surface area contributed by atoms with Gasteiger partial charge in [-0.1, -0.05) is 18.2 Å². The van der Waals surface area contributed by atoms with Gasteiger partial charge in [-0.05, 0) is 26.0 Å². The third-order valence-corrected chi connectivity index (χ3v) is 2.72. The molecule has 1 aromatic heterocycles. The molecule has 0 radical (unpaired) electrons. The van der Waals surface area contributed by atoms with Crippen LogP contribution in [-0.4, -0.2) is 22.0 Å². The number of nitrogens with zero attached hydrogens (tertiary/aromatic N) is 3. The Hall–Kier alpha value is -2.63. The molecule has 0 spiro atoms. The van der Waals surface area contributed by atoms with Gasteiger partial charge in [-0.3, -0.25) is 0 Å². The average molecular weight is 257 g/mol. The van der Waals surface area contributed by atoms with E-state index >= 15 is 0 Å². The fourth-order valence-corrected chi connectivity index (χ4v) is 1.82. The lowest BCUT2D eigenvalue weighted by atomic mass is 10.2. The normalized spacial score (nSPS) is 10.8. The summed E-state index contributed by atoms with van der Waals surface area (Å²) in [6.07, 6.45) is 1.54. The van der Waals surface area contributed by atoms with Crippen molar-refractivity contribution >= 4 is 12.2 Å². The first kappa shape index (κ1) is 12.8. The molecule has 98 valence electrons. The molecule has 6 heteroatoms. The Labute approximate surface area is 110 Å². The molecule has 0 atom stereocenters. The molecule has 2 rings (SSSR count). The summed E-state index contributed by atoms with van der Waals surface area (Å²) < 4.78 is 1.83. The van der Waals surface area contributed by atoms with Crippen LogP contribution in [0.2, 0.25) is 0 Å². The number of aryl methyl sites for hydroxylation is 1. The number of rotatable bonds is 3. The Morgan fingerprint density at radius 1 is 1.37 bits per heavy atom. The molecule has 0 aliphatic heterocycles. The number of amides is 2. The molecule has 1 heterocycles. The lowest BCUT2D eigenvalue weighted by Crippen LogP contribution is -2.24. The number of benzene rings is 1. The topological polar surface area (TPSA) is 85.3 Å². The van der Waals surface area contributed by atoms with E-state index < -0.39 is 6.03 Å². The van der Waals surface area contributed by atoms with Crippen molar-refractivity contribution in [2.24, 2.45) is 10.8 Å². The van der Waals surface area contributed by atoms with Gasteiger partial charge >= 0.3 is 6.03 Å². The average Bonchev–Trinajstić information content (AvgIpc) is 2.67. The number of hydrogen-bond acceptors (Lipinski definition) is 3. The van der Waals surface area contributed by atoms with Crippen molar-refractivity contribution in [3.8, 4) is 5.69 Å². The van der Waals surface area contributed by atoms with Crippen LogP contribution in [0.4, 0.5) is 4.79 Å². The fraction of sp³-hybridized carbons (Fsp3) is 0.154. The van der Waals surface area contributed by atoms with Crippen LogP contribution in [0.15, 0.2) is 35.4 Å². The van der Waals surface area contributed by atoms with Crippen LogP contribution in [0.5, 0.6) is 0 Å². The summed E-state index contributed by atoms with van der Waals surface area (Å²) in [6, 6.07) is 9.11. The zero-order valence-electron chi connectivity index (χ0n) is 10.8. The highest BCUT2D eigenvalue weighted by molar-refractivity contribution is 5.84. The van der Waals surface area contributed by atoms with Gasteiger partial charge in [0.1, 0.15) is 0 Å². The zero-order valence-corrected chi connectivity index (χ0v) is 10.8. The number of carbonyl (C=O) groups is 1. The van der Waals surface area contributed by atoms with Crippen molar-refractivity contribution in [3.05, 3.63) is 47.3 Å². The number of para-hydroxylation sites is 1. The first-order valence-corrected chi connectivity index (χ1v) is 5.79. The van der Waals surface area contributed by atoms with Gasteiger partial charge < -0.3 is 5.73 Å². The number of hydrazone groups is 1. The highest BCUT2D eigenvalue weighted by Crippen LogP contribution is 2.15. The zero-order chi connectivity index (χ0) is 13.8. The van der Waals surface area contributed by atoms with Gasteiger partial charge in [-0.2, -0.15) is 10.2 Å². The van der Waals surface area contributed by atoms with E-state index in [4.69, 9.17) is 5.73 Å². The molecule has 0 aliphatic carbocycles. The van der Waals surface area contributed by atoms with Gasteiger partial charge in [0.25, 0.3) is 0 Å². The van der Waals surface area contributed by atoms with Gasteiger partial charge in [0.15, 0.2) is 0 Å². The number of nitrogens with one attached hydrogen (secondary N) is 1. The van der Waals surface area contributed by atoms with Gasteiger partial charge in [0.05, 0.1) is 23.3 Å². The van der Waals surface area contributed by atoms with E-state index in [0.717, 1.165) is 22.6 Å².